The summed E-state index contributed by atoms with van der Waals surface area (Å²) in [6.45, 7) is 0.552. The van der Waals surface area contributed by atoms with Crippen LogP contribution in [0.5, 0.6) is 0 Å². The zero-order valence-corrected chi connectivity index (χ0v) is 5.71. The number of rotatable bonds is 0. The third kappa shape index (κ3) is 1.07. The number of nitrogens with one attached hydrogen (secondary N) is 1. The molecule has 0 saturated carbocycles. The molecular formula is C7H6FN3. The molecule has 0 bridgehead atoms. The van der Waals surface area contributed by atoms with Gasteiger partial charge in [0, 0.05) is 5.56 Å². The van der Waals surface area contributed by atoms with Crippen molar-refractivity contribution in [3.05, 3.63) is 29.3 Å². The molecule has 1 aliphatic rings. The van der Waals surface area contributed by atoms with Gasteiger partial charge >= 0.3 is 0 Å². The van der Waals surface area contributed by atoms with Crippen LogP contribution in [-0.2, 0) is 6.54 Å². The van der Waals surface area contributed by atoms with Gasteiger partial charge in [0.2, 0.25) is 0 Å². The quantitative estimate of drug-likeness (QED) is 0.591. The van der Waals surface area contributed by atoms with Crippen molar-refractivity contribution in [3.63, 3.8) is 0 Å². The zero-order chi connectivity index (χ0) is 7.68. The van der Waals surface area contributed by atoms with Crippen LogP contribution in [0.1, 0.15) is 11.3 Å². The van der Waals surface area contributed by atoms with E-state index in [0.29, 0.717) is 6.54 Å². The minimum Gasteiger partial charge on any atom is -0.306 e. The molecule has 0 unspecified atom stereocenters. The molecule has 0 saturated heterocycles. The number of pyridine rings is 1. The summed E-state index contributed by atoms with van der Waals surface area (Å²) in [5.74, 6) is -0.305. The lowest BCUT2D eigenvalue weighted by molar-refractivity contribution is 0.612. The maximum absolute atomic E-state index is 12.6. The van der Waals surface area contributed by atoms with Crippen LogP contribution in [0.3, 0.4) is 0 Å². The van der Waals surface area contributed by atoms with Gasteiger partial charge in [0.1, 0.15) is 5.82 Å². The number of hydrogen-bond acceptors (Lipinski definition) is 3. The second kappa shape index (κ2) is 2.30. The van der Waals surface area contributed by atoms with E-state index >= 15 is 0 Å². The largest absolute Gasteiger partial charge is 0.306 e. The van der Waals surface area contributed by atoms with E-state index in [4.69, 9.17) is 0 Å². The number of hydrazone groups is 1. The van der Waals surface area contributed by atoms with Gasteiger partial charge in [-0.05, 0) is 6.07 Å². The van der Waals surface area contributed by atoms with Crippen LogP contribution in [0.2, 0.25) is 0 Å². The summed E-state index contributed by atoms with van der Waals surface area (Å²) >= 11 is 0. The lowest BCUT2D eigenvalue weighted by Crippen LogP contribution is -2.14. The summed E-state index contributed by atoms with van der Waals surface area (Å²) in [7, 11) is 0. The van der Waals surface area contributed by atoms with Gasteiger partial charge in [-0.1, -0.05) is 0 Å². The Morgan fingerprint density at radius 3 is 3.36 bits per heavy atom. The van der Waals surface area contributed by atoms with E-state index in [1.165, 1.54) is 12.3 Å². The summed E-state index contributed by atoms with van der Waals surface area (Å²) in [4.78, 5) is 3.85. The van der Waals surface area contributed by atoms with E-state index in [0.717, 1.165) is 11.3 Å². The lowest BCUT2D eigenvalue weighted by atomic mass is 10.2. The van der Waals surface area contributed by atoms with E-state index in [1.54, 1.807) is 6.21 Å². The topological polar surface area (TPSA) is 37.3 Å². The Morgan fingerprint density at radius 2 is 2.45 bits per heavy atom. The number of fused-ring (bicyclic) bond motifs is 1. The molecular weight excluding hydrogens is 145 g/mol. The first-order valence-electron chi connectivity index (χ1n) is 3.26. The van der Waals surface area contributed by atoms with Crippen molar-refractivity contribution in [3.8, 4) is 0 Å². The van der Waals surface area contributed by atoms with E-state index in [9.17, 15) is 4.39 Å². The van der Waals surface area contributed by atoms with E-state index in [1.807, 2.05) is 0 Å². The number of halogens is 1. The minimum atomic E-state index is -0.305. The molecule has 2 heterocycles. The van der Waals surface area contributed by atoms with Gasteiger partial charge in [-0.3, -0.25) is 4.98 Å². The van der Waals surface area contributed by atoms with E-state index in [-0.39, 0.29) is 5.82 Å². The van der Waals surface area contributed by atoms with Crippen LogP contribution in [0.15, 0.2) is 17.4 Å². The predicted octanol–water partition coefficient (Wildman–Crippen LogP) is 0.658. The highest BCUT2D eigenvalue weighted by molar-refractivity contribution is 5.79. The third-order valence-electron chi connectivity index (χ3n) is 1.52. The van der Waals surface area contributed by atoms with Gasteiger partial charge in [0.15, 0.2) is 0 Å². The molecule has 1 aliphatic heterocycles. The van der Waals surface area contributed by atoms with Crippen molar-refractivity contribution in [1.82, 2.24) is 10.4 Å². The fourth-order valence-corrected chi connectivity index (χ4v) is 0.987. The van der Waals surface area contributed by atoms with E-state index < -0.39 is 0 Å². The summed E-state index contributed by atoms with van der Waals surface area (Å²) in [6.07, 6.45) is 2.77. The lowest BCUT2D eigenvalue weighted by Gasteiger charge is -2.08. The molecule has 0 amide bonds. The molecule has 0 aromatic carbocycles. The van der Waals surface area contributed by atoms with Crippen LogP contribution < -0.4 is 5.43 Å². The first kappa shape index (κ1) is 6.27. The molecule has 0 spiro atoms. The molecule has 0 fully saturated rings. The van der Waals surface area contributed by atoms with Gasteiger partial charge in [0.25, 0.3) is 0 Å². The van der Waals surface area contributed by atoms with Crippen molar-refractivity contribution >= 4 is 6.21 Å². The Balaban J connectivity index is 2.53. The molecule has 4 heteroatoms. The SMILES string of the molecule is Fc1cnc2c(c1)CNN=C2. The average Bonchev–Trinajstić information content (AvgIpc) is 2.04. The van der Waals surface area contributed by atoms with Crippen LogP contribution >= 0.6 is 0 Å². The molecule has 1 aromatic heterocycles. The number of hydrogen-bond donors (Lipinski definition) is 1. The Hall–Kier alpha value is -1.45. The van der Waals surface area contributed by atoms with Gasteiger partial charge in [0.05, 0.1) is 24.7 Å². The fraction of sp³-hybridized carbons (Fsp3) is 0.143. The maximum atomic E-state index is 12.6. The Bertz CT molecular complexity index is 309. The second-order valence-electron chi connectivity index (χ2n) is 2.29. The van der Waals surface area contributed by atoms with Crippen LogP contribution in [0.4, 0.5) is 4.39 Å². The molecule has 3 nitrogen and oxygen atoms in total. The molecule has 11 heavy (non-hydrogen) atoms. The monoisotopic (exact) mass is 151 g/mol. The summed E-state index contributed by atoms with van der Waals surface area (Å²) < 4.78 is 12.6. The average molecular weight is 151 g/mol. The predicted molar refractivity (Wildman–Crippen MR) is 38.6 cm³/mol. The molecule has 1 aromatic rings. The van der Waals surface area contributed by atoms with Gasteiger partial charge in [-0.25, -0.2) is 4.39 Å². The first-order valence-corrected chi connectivity index (χ1v) is 3.26. The van der Waals surface area contributed by atoms with Gasteiger partial charge in [-0.2, -0.15) is 5.10 Å². The molecule has 2 rings (SSSR count). The van der Waals surface area contributed by atoms with Gasteiger partial charge < -0.3 is 5.43 Å². The maximum Gasteiger partial charge on any atom is 0.141 e. The highest BCUT2D eigenvalue weighted by Crippen LogP contribution is 2.08. The zero-order valence-electron chi connectivity index (χ0n) is 5.71. The molecule has 56 valence electrons. The summed E-state index contributed by atoms with van der Waals surface area (Å²) in [5, 5.41) is 3.79. The van der Waals surface area contributed by atoms with Gasteiger partial charge in [-0.15, -0.1) is 0 Å². The van der Waals surface area contributed by atoms with Crippen molar-refractivity contribution in [1.29, 1.82) is 0 Å². The van der Waals surface area contributed by atoms with Crippen LogP contribution in [0.25, 0.3) is 0 Å². The normalized spacial score (nSPS) is 13.9. The molecule has 0 aliphatic carbocycles. The van der Waals surface area contributed by atoms with Crippen molar-refractivity contribution in [2.75, 3.05) is 0 Å². The molecule has 0 atom stereocenters. The highest BCUT2D eigenvalue weighted by atomic mass is 19.1. The van der Waals surface area contributed by atoms with Crippen molar-refractivity contribution < 1.29 is 4.39 Å². The standard InChI is InChI=1S/C7H6FN3/c8-6-1-5-2-10-11-4-7(5)9-3-6/h1,3-4,10H,2H2. The smallest absolute Gasteiger partial charge is 0.141 e. The third-order valence-corrected chi connectivity index (χ3v) is 1.52. The Labute approximate surface area is 63.0 Å². The van der Waals surface area contributed by atoms with E-state index in [2.05, 4.69) is 15.5 Å². The summed E-state index contributed by atoms with van der Waals surface area (Å²) in [5.41, 5.74) is 4.32. The highest BCUT2D eigenvalue weighted by Gasteiger charge is 2.05. The number of aromatic nitrogens is 1. The van der Waals surface area contributed by atoms with Crippen LogP contribution in [0, 0.1) is 5.82 Å². The Morgan fingerprint density at radius 1 is 1.55 bits per heavy atom. The fourth-order valence-electron chi connectivity index (χ4n) is 0.987. The molecule has 0 radical (unpaired) electrons. The first-order chi connectivity index (χ1) is 5.36. The minimum absolute atomic E-state index is 0.305. The number of nitrogens with zero attached hydrogens (tertiary/aromatic N) is 2. The van der Waals surface area contributed by atoms with Crippen molar-refractivity contribution in [2.24, 2.45) is 5.10 Å². The van der Waals surface area contributed by atoms with Crippen molar-refractivity contribution in [2.45, 2.75) is 6.54 Å². The second-order valence-corrected chi connectivity index (χ2v) is 2.29. The van der Waals surface area contributed by atoms with Crippen LogP contribution in [-0.4, -0.2) is 11.2 Å². The molecule has 1 N–H and O–H groups in total. The summed E-state index contributed by atoms with van der Waals surface area (Å²) in [6, 6.07) is 1.46. The Kier molecular flexibility index (Phi) is 1.31.